The number of aryl methyl sites for hydroxylation is 1. The fourth-order valence-electron chi connectivity index (χ4n) is 4.76. The summed E-state index contributed by atoms with van der Waals surface area (Å²) in [6.07, 6.45) is 2.20. The van der Waals surface area contributed by atoms with Crippen molar-refractivity contribution in [3.05, 3.63) is 101 Å². The Bertz CT molecular complexity index is 1400. The number of hydrogen-bond acceptors (Lipinski definition) is 3. The fourth-order valence-corrected chi connectivity index (χ4v) is 4.88. The van der Waals surface area contributed by atoms with Gasteiger partial charge in [-0.3, -0.25) is 9.59 Å². The van der Waals surface area contributed by atoms with Crippen LogP contribution in [0.1, 0.15) is 46.7 Å². The Hall–Kier alpha value is -3.70. The second-order valence-electron chi connectivity index (χ2n) is 9.33. The van der Waals surface area contributed by atoms with Crippen molar-refractivity contribution in [3.63, 3.8) is 0 Å². The number of unbranched alkanes of at least 4 members (excludes halogenated alkanes) is 1. The Kier molecular flexibility index (Phi) is 7.01. The molecule has 0 aliphatic carbocycles. The average Bonchev–Trinajstić information content (AvgIpc) is 2.86. The lowest BCUT2D eigenvalue weighted by atomic mass is 9.91. The molecule has 1 aliphatic rings. The van der Waals surface area contributed by atoms with Gasteiger partial charge in [-0.1, -0.05) is 54.1 Å². The predicted molar refractivity (Wildman–Crippen MR) is 142 cm³/mol. The lowest BCUT2D eigenvalue weighted by Gasteiger charge is -2.39. The van der Waals surface area contributed by atoms with Crippen LogP contribution in [0.4, 0.5) is 0 Å². The van der Waals surface area contributed by atoms with Gasteiger partial charge in [0.05, 0.1) is 11.2 Å². The number of halogens is 1. The molecule has 1 saturated heterocycles. The van der Waals surface area contributed by atoms with E-state index in [4.69, 9.17) is 21.7 Å². The molecule has 1 aliphatic heterocycles. The number of carbonyl (C=O) groups is 2. The standard InChI is InChI=1S/C30H27ClN2O3/c31-26-13-10-21(11-14-26)29-22(8-4-5-9-28(34)35)16-24-17-23(12-15-27(24)32-29)30(36)33-18-25(19-33)20-6-2-1-3-7-20/h1-3,6-7,10-17,25H,4-5,8-9,18-19H2,(H,34,35). The fraction of sp³-hybridized carbons (Fsp3) is 0.233. The van der Waals surface area contributed by atoms with Crippen LogP contribution in [0.15, 0.2) is 78.9 Å². The molecular weight excluding hydrogens is 472 g/mol. The summed E-state index contributed by atoms with van der Waals surface area (Å²) < 4.78 is 0. The number of rotatable bonds is 8. The molecule has 182 valence electrons. The number of carbonyl (C=O) groups excluding carboxylic acids is 1. The van der Waals surface area contributed by atoms with E-state index >= 15 is 0 Å². The number of aromatic nitrogens is 1. The third kappa shape index (κ3) is 5.26. The van der Waals surface area contributed by atoms with E-state index in [-0.39, 0.29) is 12.3 Å². The van der Waals surface area contributed by atoms with Gasteiger partial charge in [0, 0.05) is 47.0 Å². The summed E-state index contributed by atoms with van der Waals surface area (Å²) in [7, 11) is 0. The zero-order chi connectivity index (χ0) is 25.1. The molecule has 0 spiro atoms. The van der Waals surface area contributed by atoms with E-state index in [0.29, 0.717) is 29.3 Å². The van der Waals surface area contributed by atoms with Gasteiger partial charge in [-0.05, 0) is 66.8 Å². The zero-order valence-corrected chi connectivity index (χ0v) is 20.6. The molecule has 1 N–H and O–H groups in total. The highest BCUT2D eigenvalue weighted by Crippen LogP contribution is 2.31. The molecule has 1 fully saturated rings. The topological polar surface area (TPSA) is 70.5 Å². The largest absolute Gasteiger partial charge is 0.481 e. The van der Waals surface area contributed by atoms with Crippen LogP contribution in [0.2, 0.25) is 5.02 Å². The minimum Gasteiger partial charge on any atom is -0.481 e. The molecule has 2 heterocycles. The molecular formula is C30H27ClN2O3. The Morgan fingerprint density at radius 3 is 2.42 bits per heavy atom. The van der Waals surface area contributed by atoms with Crippen LogP contribution in [0.25, 0.3) is 22.2 Å². The van der Waals surface area contributed by atoms with Gasteiger partial charge in [0.25, 0.3) is 5.91 Å². The maximum Gasteiger partial charge on any atom is 0.303 e. The van der Waals surface area contributed by atoms with Gasteiger partial charge in [-0.25, -0.2) is 4.98 Å². The van der Waals surface area contributed by atoms with Crippen LogP contribution in [0.5, 0.6) is 0 Å². The first-order valence-electron chi connectivity index (χ1n) is 12.2. The van der Waals surface area contributed by atoms with Gasteiger partial charge in [0.2, 0.25) is 0 Å². The van der Waals surface area contributed by atoms with E-state index in [9.17, 15) is 9.59 Å². The van der Waals surface area contributed by atoms with Crippen LogP contribution < -0.4 is 0 Å². The number of carboxylic acids is 1. The monoisotopic (exact) mass is 498 g/mol. The first kappa shape index (κ1) is 24.0. The maximum absolute atomic E-state index is 13.2. The van der Waals surface area contributed by atoms with Crippen molar-refractivity contribution in [1.29, 1.82) is 0 Å². The van der Waals surface area contributed by atoms with E-state index < -0.39 is 5.97 Å². The Morgan fingerprint density at radius 1 is 0.944 bits per heavy atom. The molecule has 0 radical (unpaired) electrons. The summed E-state index contributed by atoms with van der Waals surface area (Å²) in [6.45, 7) is 1.45. The summed E-state index contributed by atoms with van der Waals surface area (Å²) in [5, 5.41) is 10.6. The van der Waals surface area contributed by atoms with Gasteiger partial charge in [-0.2, -0.15) is 0 Å². The smallest absolute Gasteiger partial charge is 0.303 e. The Labute approximate surface area is 215 Å². The molecule has 6 heteroatoms. The highest BCUT2D eigenvalue weighted by atomic mass is 35.5. The lowest BCUT2D eigenvalue weighted by Crippen LogP contribution is -2.48. The number of pyridine rings is 1. The van der Waals surface area contributed by atoms with Gasteiger partial charge >= 0.3 is 5.97 Å². The normalized spacial score (nSPS) is 13.5. The Morgan fingerprint density at radius 2 is 1.69 bits per heavy atom. The van der Waals surface area contributed by atoms with Crippen molar-refractivity contribution in [2.75, 3.05) is 13.1 Å². The third-order valence-electron chi connectivity index (χ3n) is 6.78. The van der Waals surface area contributed by atoms with Crippen LogP contribution >= 0.6 is 11.6 Å². The van der Waals surface area contributed by atoms with E-state index in [1.54, 1.807) is 0 Å². The molecule has 5 nitrogen and oxygen atoms in total. The van der Waals surface area contributed by atoms with E-state index in [2.05, 4.69) is 18.2 Å². The Balaban J connectivity index is 1.39. The van der Waals surface area contributed by atoms with Crippen molar-refractivity contribution in [2.45, 2.75) is 31.6 Å². The number of hydrogen-bond donors (Lipinski definition) is 1. The second-order valence-corrected chi connectivity index (χ2v) is 9.77. The lowest BCUT2D eigenvalue weighted by molar-refractivity contribution is -0.137. The quantitative estimate of drug-likeness (QED) is 0.278. The minimum absolute atomic E-state index is 0.0360. The second kappa shape index (κ2) is 10.5. The summed E-state index contributed by atoms with van der Waals surface area (Å²) in [6, 6.07) is 25.7. The van der Waals surface area contributed by atoms with Crippen molar-refractivity contribution in [2.24, 2.45) is 0 Å². The number of fused-ring (bicyclic) bond motifs is 1. The van der Waals surface area contributed by atoms with E-state index in [1.165, 1.54) is 5.56 Å². The maximum atomic E-state index is 13.2. The first-order valence-corrected chi connectivity index (χ1v) is 12.6. The van der Waals surface area contributed by atoms with Crippen molar-refractivity contribution >= 4 is 34.4 Å². The molecule has 0 unspecified atom stereocenters. The van der Waals surface area contributed by atoms with Gasteiger partial charge in [0.1, 0.15) is 0 Å². The number of carboxylic acid groups (broad SMARTS) is 1. The number of benzene rings is 3. The summed E-state index contributed by atoms with van der Waals surface area (Å²) in [4.78, 5) is 30.9. The molecule has 1 aromatic heterocycles. The number of aliphatic carboxylic acids is 1. The summed E-state index contributed by atoms with van der Waals surface area (Å²) >= 11 is 6.09. The molecule has 0 bridgehead atoms. The number of nitrogens with zero attached hydrogens (tertiary/aromatic N) is 2. The van der Waals surface area contributed by atoms with Crippen LogP contribution in [-0.2, 0) is 11.2 Å². The molecule has 0 saturated carbocycles. The van der Waals surface area contributed by atoms with Gasteiger partial charge in [0.15, 0.2) is 0 Å². The highest BCUT2D eigenvalue weighted by molar-refractivity contribution is 6.30. The molecule has 4 aromatic rings. The van der Waals surface area contributed by atoms with Gasteiger partial charge < -0.3 is 10.0 Å². The summed E-state index contributed by atoms with van der Waals surface area (Å²) in [5.41, 5.74) is 5.60. The van der Waals surface area contributed by atoms with Crippen molar-refractivity contribution in [1.82, 2.24) is 9.88 Å². The van der Waals surface area contributed by atoms with Crippen molar-refractivity contribution < 1.29 is 14.7 Å². The van der Waals surface area contributed by atoms with Gasteiger partial charge in [-0.15, -0.1) is 0 Å². The van der Waals surface area contributed by atoms with Crippen molar-refractivity contribution in [3.8, 4) is 11.3 Å². The average molecular weight is 499 g/mol. The van der Waals surface area contributed by atoms with Crippen LogP contribution in [0, 0.1) is 0 Å². The molecule has 3 aromatic carbocycles. The first-order chi connectivity index (χ1) is 17.5. The molecule has 0 atom stereocenters. The number of amides is 1. The molecule has 5 rings (SSSR count). The summed E-state index contributed by atoms with van der Waals surface area (Å²) in [5.74, 6) is -0.362. The zero-order valence-electron chi connectivity index (χ0n) is 19.9. The van der Waals surface area contributed by atoms with Crippen LogP contribution in [0.3, 0.4) is 0 Å². The minimum atomic E-state index is -0.784. The SMILES string of the molecule is O=C(O)CCCCc1cc2cc(C(=O)N3CC(c4ccccc4)C3)ccc2nc1-c1ccc(Cl)cc1. The van der Waals surface area contributed by atoms with E-state index in [0.717, 1.165) is 47.2 Å². The third-order valence-corrected chi connectivity index (χ3v) is 7.04. The predicted octanol–water partition coefficient (Wildman–Crippen LogP) is 6.59. The highest BCUT2D eigenvalue weighted by Gasteiger charge is 2.32. The molecule has 36 heavy (non-hydrogen) atoms. The number of likely N-dealkylation sites (tertiary alicyclic amines) is 1. The van der Waals surface area contributed by atoms with E-state index in [1.807, 2.05) is 65.6 Å². The molecule has 1 amide bonds. The van der Waals surface area contributed by atoms with Crippen LogP contribution in [-0.4, -0.2) is 40.0 Å².